The topological polar surface area (TPSA) is 75.7 Å². The fraction of sp³-hybridized carbons (Fsp3) is 0.269. The molecule has 9 heteroatoms. The van der Waals surface area contributed by atoms with Crippen molar-refractivity contribution in [2.75, 3.05) is 6.61 Å². The Balaban J connectivity index is 1.68. The molecule has 0 spiro atoms. The van der Waals surface area contributed by atoms with Crippen molar-refractivity contribution in [2.24, 2.45) is 5.92 Å². The van der Waals surface area contributed by atoms with Crippen molar-refractivity contribution in [1.82, 2.24) is 10.2 Å². The first kappa shape index (κ1) is 24.5. The second-order valence-electron chi connectivity index (χ2n) is 8.13. The van der Waals surface area contributed by atoms with Gasteiger partial charge in [-0.05, 0) is 66.8 Å². The highest BCUT2D eigenvalue weighted by Gasteiger charge is 2.51. The summed E-state index contributed by atoms with van der Waals surface area (Å²) < 4.78 is 32.0. The van der Waals surface area contributed by atoms with Gasteiger partial charge >= 0.3 is 5.97 Å². The molecule has 2 heterocycles. The second-order valence-corrected chi connectivity index (χ2v) is 9.11. The first-order valence-corrected chi connectivity index (χ1v) is 12.1. The number of carbonyl (C=O) groups excluding carboxylic acids is 3. The number of carbonyl (C=O) groups is 3. The van der Waals surface area contributed by atoms with E-state index in [1.807, 2.05) is 17.5 Å². The number of amides is 2. The van der Waals surface area contributed by atoms with Gasteiger partial charge in [0, 0.05) is 17.0 Å². The zero-order valence-corrected chi connectivity index (χ0v) is 19.8. The van der Waals surface area contributed by atoms with Crippen molar-refractivity contribution in [2.45, 2.75) is 32.0 Å². The number of benzene rings is 2. The third-order valence-corrected chi connectivity index (χ3v) is 6.87. The van der Waals surface area contributed by atoms with Crippen LogP contribution in [0.2, 0.25) is 0 Å². The summed E-state index contributed by atoms with van der Waals surface area (Å²) in [7, 11) is 0. The third kappa shape index (κ3) is 5.40. The molecule has 1 N–H and O–H groups in total. The molecule has 1 aliphatic heterocycles. The molecular weight excluding hydrogens is 474 g/mol. The average Bonchev–Trinajstić information content (AvgIpc) is 3.52. The Bertz CT molecular complexity index is 1180. The fourth-order valence-electron chi connectivity index (χ4n) is 4.29. The van der Waals surface area contributed by atoms with Crippen molar-refractivity contribution in [3.05, 3.63) is 93.7 Å². The summed E-state index contributed by atoms with van der Waals surface area (Å²) in [6, 6.07) is 12.7. The zero-order chi connectivity index (χ0) is 24.9. The Kier molecular flexibility index (Phi) is 7.55. The number of hydrogen-bond acceptors (Lipinski definition) is 5. The summed E-state index contributed by atoms with van der Waals surface area (Å²) in [5.74, 6) is -3.05. The lowest BCUT2D eigenvalue weighted by Gasteiger charge is -2.30. The van der Waals surface area contributed by atoms with Crippen molar-refractivity contribution >= 4 is 29.1 Å². The molecule has 1 aliphatic rings. The largest absolute Gasteiger partial charge is 0.466 e. The maximum Gasteiger partial charge on any atom is 0.311 e. The number of halogens is 2. The Morgan fingerprint density at radius 1 is 1.03 bits per heavy atom. The molecule has 6 nitrogen and oxygen atoms in total. The highest BCUT2D eigenvalue weighted by atomic mass is 32.1. The van der Waals surface area contributed by atoms with Gasteiger partial charge in [0.1, 0.15) is 17.7 Å². The van der Waals surface area contributed by atoms with Crippen molar-refractivity contribution < 1.29 is 27.9 Å². The number of nitrogens with zero attached hydrogens (tertiary/aromatic N) is 1. The van der Waals surface area contributed by atoms with E-state index in [-0.39, 0.29) is 31.0 Å². The van der Waals surface area contributed by atoms with Crippen LogP contribution in [0, 0.1) is 17.6 Å². The number of hydrogen-bond donors (Lipinski definition) is 1. The van der Waals surface area contributed by atoms with Crippen molar-refractivity contribution in [3.8, 4) is 0 Å². The van der Waals surface area contributed by atoms with E-state index in [1.165, 1.54) is 52.6 Å². The predicted molar refractivity (Wildman–Crippen MR) is 126 cm³/mol. The Morgan fingerprint density at radius 2 is 1.69 bits per heavy atom. The SMILES string of the molecule is CCOC(=O)C1CC(C(=O)NCc2ccc(F)cc2)N(C(=O)c2ccc(F)cc2)C1c1cccs1. The van der Waals surface area contributed by atoms with Crippen LogP contribution in [0.4, 0.5) is 8.78 Å². The van der Waals surface area contributed by atoms with Crippen LogP contribution in [0.15, 0.2) is 66.0 Å². The third-order valence-electron chi connectivity index (χ3n) is 5.93. The normalized spacial score (nSPS) is 19.4. The smallest absolute Gasteiger partial charge is 0.311 e. The number of rotatable bonds is 7. The van der Waals surface area contributed by atoms with Crippen LogP contribution < -0.4 is 5.32 Å². The second kappa shape index (κ2) is 10.8. The van der Waals surface area contributed by atoms with Gasteiger partial charge in [-0.25, -0.2) is 8.78 Å². The van der Waals surface area contributed by atoms with Gasteiger partial charge in [0.15, 0.2) is 0 Å². The first-order chi connectivity index (χ1) is 16.9. The minimum Gasteiger partial charge on any atom is -0.466 e. The molecular formula is C26H24F2N2O4S. The molecule has 2 aromatic carbocycles. The highest BCUT2D eigenvalue weighted by molar-refractivity contribution is 7.10. The first-order valence-electron chi connectivity index (χ1n) is 11.2. The molecule has 1 aromatic heterocycles. The summed E-state index contributed by atoms with van der Waals surface area (Å²) in [5, 5.41) is 4.63. The lowest BCUT2D eigenvalue weighted by Crippen LogP contribution is -2.46. The minimum absolute atomic E-state index is 0.0730. The molecule has 182 valence electrons. The van der Waals surface area contributed by atoms with Gasteiger partial charge in [-0.1, -0.05) is 18.2 Å². The summed E-state index contributed by atoms with van der Waals surface area (Å²) in [6.45, 7) is 1.99. The van der Waals surface area contributed by atoms with Gasteiger partial charge in [0.2, 0.25) is 5.91 Å². The maximum atomic E-state index is 13.7. The lowest BCUT2D eigenvalue weighted by atomic mass is 9.97. The van der Waals surface area contributed by atoms with Crippen LogP contribution in [0.1, 0.15) is 40.2 Å². The number of ether oxygens (including phenoxy) is 1. The molecule has 3 atom stereocenters. The molecule has 2 amide bonds. The standard InChI is InChI=1S/C26H24F2N2O4S/c1-2-34-26(33)20-14-21(24(31)29-15-16-5-9-18(27)10-6-16)30(23(20)22-4-3-13-35-22)25(32)17-7-11-19(28)12-8-17/h3-13,20-21,23H,2,14-15H2,1H3,(H,29,31). The average molecular weight is 499 g/mol. The van der Waals surface area contributed by atoms with Gasteiger partial charge in [-0.15, -0.1) is 11.3 Å². The molecule has 0 bridgehead atoms. The van der Waals surface area contributed by atoms with E-state index < -0.39 is 41.6 Å². The van der Waals surface area contributed by atoms with Gasteiger partial charge in [0.05, 0.1) is 18.6 Å². The summed E-state index contributed by atoms with van der Waals surface area (Å²) in [4.78, 5) is 42.0. The van der Waals surface area contributed by atoms with Crippen LogP contribution >= 0.6 is 11.3 Å². The molecule has 1 fully saturated rings. The summed E-state index contributed by atoms with van der Waals surface area (Å²) in [6.07, 6.45) is 0.0730. The molecule has 35 heavy (non-hydrogen) atoms. The molecule has 3 unspecified atom stereocenters. The maximum absolute atomic E-state index is 13.7. The van der Waals surface area contributed by atoms with E-state index in [0.717, 1.165) is 4.88 Å². The molecule has 0 saturated carbocycles. The fourth-order valence-corrected chi connectivity index (χ4v) is 5.18. The molecule has 0 radical (unpaired) electrons. The zero-order valence-electron chi connectivity index (χ0n) is 18.9. The van der Waals surface area contributed by atoms with Gasteiger partial charge in [0.25, 0.3) is 5.91 Å². The Hall–Kier alpha value is -3.59. The van der Waals surface area contributed by atoms with Crippen LogP contribution in [0.5, 0.6) is 0 Å². The van der Waals surface area contributed by atoms with E-state index in [0.29, 0.717) is 5.56 Å². The van der Waals surface area contributed by atoms with Gasteiger partial charge in [-0.2, -0.15) is 0 Å². The number of nitrogens with one attached hydrogen (secondary N) is 1. The molecule has 4 rings (SSSR count). The van der Waals surface area contributed by atoms with E-state index in [9.17, 15) is 23.2 Å². The Labute approximate surface area is 205 Å². The monoisotopic (exact) mass is 498 g/mol. The van der Waals surface area contributed by atoms with Crippen LogP contribution in [-0.2, 0) is 20.9 Å². The van der Waals surface area contributed by atoms with Crippen LogP contribution in [0.3, 0.4) is 0 Å². The minimum atomic E-state index is -0.963. The molecule has 1 saturated heterocycles. The number of esters is 1. The van der Waals surface area contributed by atoms with E-state index in [4.69, 9.17) is 4.74 Å². The summed E-state index contributed by atoms with van der Waals surface area (Å²) >= 11 is 1.37. The van der Waals surface area contributed by atoms with Crippen LogP contribution in [0.25, 0.3) is 0 Å². The number of thiophene rings is 1. The van der Waals surface area contributed by atoms with Crippen LogP contribution in [-0.4, -0.2) is 35.3 Å². The number of likely N-dealkylation sites (tertiary alicyclic amines) is 1. The quantitative estimate of drug-likeness (QED) is 0.488. The van der Waals surface area contributed by atoms with Crippen molar-refractivity contribution in [3.63, 3.8) is 0 Å². The van der Waals surface area contributed by atoms with E-state index in [1.54, 1.807) is 19.1 Å². The van der Waals surface area contributed by atoms with Crippen molar-refractivity contribution in [1.29, 1.82) is 0 Å². The summed E-state index contributed by atoms with van der Waals surface area (Å²) in [5.41, 5.74) is 0.889. The highest BCUT2D eigenvalue weighted by Crippen LogP contribution is 2.44. The lowest BCUT2D eigenvalue weighted by molar-refractivity contribution is -0.148. The Morgan fingerprint density at radius 3 is 2.29 bits per heavy atom. The van der Waals surface area contributed by atoms with E-state index >= 15 is 0 Å². The van der Waals surface area contributed by atoms with E-state index in [2.05, 4.69) is 5.32 Å². The molecule has 3 aromatic rings. The van der Waals surface area contributed by atoms with Gasteiger partial charge < -0.3 is 15.0 Å². The molecule has 0 aliphatic carbocycles. The van der Waals surface area contributed by atoms with Gasteiger partial charge in [-0.3, -0.25) is 14.4 Å². The predicted octanol–water partition coefficient (Wildman–Crippen LogP) is 4.48.